The number of unbranched alkanes of at least 4 members (excludes halogenated alkanes) is 1. The van der Waals surface area contributed by atoms with Gasteiger partial charge in [-0.2, -0.15) is 0 Å². The zero-order valence-electron chi connectivity index (χ0n) is 21.6. The van der Waals surface area contributed by atoms with Crippen LogP contribution in [0.5, 0.6) is 11.5 Å². The summed E-state index contributed by atoms with van der Waals surface area (Å²) >= 11 is 3.43. The summed E-state index contributed by atoms with van der Waals surface area (Å²) in [6.07, 6.45) is 6.14. The minimum atomic E-state index is -2.09. The Balaban J connectivity index is 2.50. The van der Waals surface area contributed by atoms with Crippen LogP contribution in [0.2, 0.25) is 19.1 Å². The number of ether oxygens (including phenoxy) is 3. The van der Waals surface area contributed by atoms with E-state index >= 15 is 0 Å². The summed E-state index contributed by atoms with van der Waals surface area (Å²) in [7, 11) is 0.991. The van der Waals surface area contributed by atoms with E-state index in [9.17, 15) is 9.59 Å². The Kier molecular flexibility index (Phi) is 10.7. The lowest BCUT2D eigenvalue weighted by Crippen LogP contribution is -2.35. The first-order valence-corrected chi connectivity index (χ1v) is 16.2. The quantitative estimate of drug-likeness (QED) is 0.120. The number of esters is 2. The van der Waals surface area contributed by atoms with Crippen molar-refractivity contribution < 1.29 is 28.2 Å². The summed E-state index contributed by atoms with van der Waals surface area (Å²) in [4.78, 5) is 24.9. The molecule has 1 aromatic carbocycles. The van der Waals surface area contributed by atoms with Crippen LogP contribution in [0.1, 0.15) is 66.6 Å². The van der Waals surface area contributed by atoms with Gasteiger partial charge in [-0.25, -0.2) is 4.79 Å². The van der Waals surface area contributed by atoms with Crippen LogP contribution in [0, 0.1) is 12.8 Å². The predicted molar refractivity (Wildman–Crippen MR) is 141 cm³/mol. The number of carbonyl (C=O) groups is 2. The maximum absolute atomic E-state index is 12.8. The zero-order chi connectivity index (χ0) is 25.5. The Morgan fingerprint density at radius 3 is 2.56 bits per heavy atom. The Hall–Kier alpha value is -1.80. The molecule has 34 heavy (non-hydrogen) atoms. The molecule has 0 saturated heterocycles. The predicted octanol–water partition coefficient (Wildman–Crippen LogP) is 6.51. The normalized spacial score (nSPS) is 14.5. The summed E-state index contributed by atoms with van der Waals surface area (Å²) < 4.78 is 22.9. The van der Waals surface area contributed by atoms with E-state index in [1.54, 1.807) is 7.11 Å². The van der Waals surface area contributed by atoms with Crippen LogP contribution in [-0.4, -0.2) is 39.8 Å². The van der Waals surface area contributed by atoms with E-state index in [0.717, 1.165) is 52.2 Å². The van der Waals surface area contributed by atoms with Gasteiger partial charge >= 0.3 is 11.9 Å². The molecule has 2 rings (SSSR count). The lowest BCUT2D eigenvalue weighted by Gasteiger charge is -2.28. The standard InChI is InChI=1S/C26H39BrO6Si/c1-8-9-14-34(6,7)33-24-20(11-10-17(2)15-19(12-13-27)25(28)31-5)23(30-4)18(3)21-16-32-26(29)22(21)24/h10,19H,8-9,11-16H2,1-7H3. The van der Waals surface area contributed by atoms with Gasteiger partial charge < -0.3 is 18.6 Å². The van der Waals surface area contributed by atoms with Gasteiger partial charge in [0, 0.05) is 16.5 Å². The van der Waals surface area contributed by atoms with E-state index in [2.05, 4.69) is 42.0 Å². The molecule has 6 nitrogen and oxygen atoms in total. The molecule has 0 amide bonds. The number of methoxy groups -OCH3 is 2. The number of cyclic esters (lactones) is 1. The molecule has 190 valence electrons. The highest BCUT2D eigenvalue weighted by atomic mass is 79.9. The fourth-order valence-corrected chi connectivity index (χ4v) is 7.04. The van der Waals surface area contributed by atoms with Crippen molar-refractivity contribution in [2.24, 2.45) is 5.92 Å². The summed E-state index contributed by atoms with van der Waals surface area (Å²) in [6.45, 7) is 10.8. The minimum Gasteiger partial charge on any atom is -0.543 e. The molecule has 0 bridgehead atoms. The van der Waals surface area contributed by atoms with Crippen LogP contribution in [0.4, 0.5) is 0 Å². The van der Waals surface area contributed by atoms with E-state index in [1.807, 2.05) is 13.8 Å². The Morgan fingerprint density at radius 2 is 1.97 bits per heavy atom. The van der Waals surface area contributed by atoms with E-state index in [4.69, 9.17) is 18.6 Å². The Labute approximate surface area is 213 Å². The van der Waals surface area contributed by atoms with Gasteiger partial charge in [-0.15, -0.1) is 0 Å². The molecule has 1 aliphatic rings. The Bertz CT molecular complexity index is 925. The average molecular weight is 556 g/mol. The number of halogens is 1. The molecule has 0 aliphatic carbocycles. The number of allylic oxidation sites excluding steroid dienone is 2. The van der Waals surface area contributed by atoms with Gasteiger partial charge in [0.05, 0.1) is 20.1 Å². The van der Waals surface area contributed by atoms with Gasteiger partial charge in [0.15, 0.2) is 0 Å². The van der Waals surface area contributed by atoms with Crippen molar-refractivity contribution in [2.75, 3.05) is 19.5 Å². The third-order valence-electron chi connectivity index (χ3n) is 6.35. The van der Waals surface area contributed by atoms with Crippen molar-refractivity contribution in [2.45, 2.75) is 78.6 Å². The second-order valence-corrected chi connectivity index (χ2v) is 14.5. The summed E-state index contributed by atoms with van der Waals surface area (Å²) in [5, 5.41) is 0.732. The SMILES string of the molecule is CCCC[Si](C)(C)Oc1c(CC=C(C)CC(CCBr)C(=O)OC)c(OC)c(C)c2c1C(=O)OC2. The molecule has 8 heteroatoms. The van der Waals surface area contributed by atoms with Gasteiger partial charge in [0.2, 0.25) is 8.32 Å². The molecular weight excluding hydrogens is 516 g/mol. The first-order chi connectivity index (χ1) is 16.1. The average Bonchev–Trinajstić information content (AvgIpc) is 3.19. The minimum absolute atomic E-state index is 0.199. The second-order valence-electron chi connectivity index (χ2n) is 9.52. The van der Waals surface area contributed by atoms with E-state index in [1.165, 1.54) is 7.11 Å². The molecule has 0 spiro atoms. The maximum atomic E-state index is 12.8. The molecule has 1 heterocycles. The number of carbonyl (C=O) groups excluding carboxylic acids is 2. The van der Waals surface area contributed by atoms with E-state index in [0.29, 0.717) is 30.6 Å². The Morgan fingerprint density at radius 1 is 1.26 bits per heavy atom. The monoisotopic (exact) mass is 554 g/mol. The third kappa shape index (κ3) is 6.87. The number of hydrogen-bond donors (Lipinski definition) is 0. The molecule has 0 radical (unpaired) electrons. The molecule has 0 N–H and O–H groups in total. The van der Waals surface area contributed by atoms with Crippen LogP contribution in [0.3, 0.4) is 0 Å². The fourth-order valence-electron chi connectivity index (χ4n) is 4.40. The maximum Gasteiger partial charge on any atom is 0.342 e. The molecular formula is C26H39BrO6Si. The van der Waals surface area contributed by atoms with Crippen LogP contribution >= 0.6 is 15.9 Å². The highest BCUT2D eigenvalue weighted by molar-refractivity contribution is 9.09. The number of rotatable bonds is 13. The van der Waals surface area contributed by atoms with Crippen LogP contribution in [-0.2, 0) is 27.3 Å². The van der Waals surface area contributed by atoms with E-state index in [-0.39, 0.29) is 24.5 Å². The van der Waals surface area contributed by atoms with Gasteiger partial charge in [0.25, 0.3) is 0 Å². The van der Waals surface area contributed by atoms with Gasteiger partial charge in [0.1, 0.15) is 23.7 Å². The highest BCUT2D eigenvalue weighted by Crippen LogP contribution is 2.44. The van der Waals surface area contributed by atoms with Crippen LogP contribution in [0.15, 0.2) is 11.6 Å². The topological polar surface area (TPSA) is 71.1 Å². The van der Waals surface area contributed by atoms with Crippen molar-refractivity contribution in [1.82, 2.24) is 0 Å². The molecule has 1 aromatic rings. The van der Waals surface area contributed by atoms with Crippen molar-refractivity contribution in [1.29, 1.82) is 0 Å². The van der Waals surface area contributed by atoms with E-state index < -0.39 is 8.32 Å². The molecule has 1 unspecified atom stereocenters. The first kappa shape index (κ1) is 28.4. The molecule has 0 fully saturated rings. The van der Waals surface area contributed by atoms with Gasteiger partial charge in [-0.1, -0.05) is 47.3 Å². The van der Waals surface area contributed by atoms with Gasteiger partial charge in [-0.05, 0) is 57.8 Å². The molecule has 1 atom stereocenters. The van der Waals surface area contributed by atoms with Crippen LogP contribution < -0.4 is 9.16 Å². The van der Waals surface area contributed by atoms with Crippen molar-refractivity contribution >= 4 is 36.2 Å². The lowest BCUT2D eigenvalue weighted by atomic mass is 9.93. The largest absolute Gasteiger partial charge is 0.543 e. The lowest BCUT2D eigenvalue weighted by molar-refractivity contribution is -0.145. The number of alkyl halides is 1. The zero-order valence-corrected chi connectivity index (χ0v) is 24.2. The number of hydrogen-bond acceptors (Lipinski definition) is 6. The highest BCUT2D eigenvalue weighted by Gasteiger charge is 2.36. The third-order valence-corrected chi connectivity index (χ3v) is 9.12. The summed E-state index contributed by atoms with van der Waals surface area (Å²) in [5.74, 6) is 0.619. The second kappa shape index (κ2) is 12.8. The summed E-state index contributed by atoms with van der Waals surface area (Å²) in [5.41, 5.74) is 4.25. The van der Waals surface area contributed by atoms with Crippen molar-refractivity contribution in [3.63, 3.8) is 0 Å². The summed E-state index contributed by atoms with van der Waals surface area (Å²) in [6, 6.07) is 1.01. The first-order valence-electron chi connectivity index (χ1n) is 12.0. The number of benzene rings is 1. The van der Waals surface area contributed by atoms with Crippen molar-refractivity contribution in [3.8, 4) is 11.5 Å². The van der Waals surface area contributed by atoms with Gasteiger partial charge in [-0.3, -0.25) is 4.79 Å². The molecule has 0 aromatic heterocycles. The number of fused-ring (bicyclic) bond motifs is 1. The van der Waals surface area contributed by atoms with Crippen LogP contribution in [0.25, 0.3) is 0 Å². The fraction of sp³-hybridized carbons (Fsp3) is 0.615. The smallest absolute Gasteiger partial charge is 0.342 e. The molecule has 0 saturated carbocycles. The van der Waals surface area contributed by atoms with Crippen molar-refractivity contribution in [3.05, 3.63) is 33.9 Å². The molecule has 1 aliphatic heterocycles.